The van der Waals surface area contributed by atoms with Gasteiger partial charge in [-0.05, 0) is 19.4 Å². The Morgan fingerprint density at radius 3 is 2.71 bits per heavy atom. The van der Waals surface area contributed by atoms with Gasteiger partial charge < -0.3 is 15.5 Å². The Labute approximate surface area is 109 Å². The smallest absolute Gasteiger partial charge is 0.242 e. The van der Waals surface area contributed by atoms with Gasteiger partial charge in [0.1, 0.15) is 0 Å². The van der Waals surface area contributed by atoms with Crippen molar-refractivity contribution in [1.82, 2.24) is 15.5 Å². The molecule has 0 spiro atoms. The average molecular weight is 264 g/mol. The molecule has 1 heterocycles. The van der Waals surface area contributed by atoms with Crippen LogP contribution in [0.5, 0.6) is 0 Å². The second-order valence-corrected chi connectivity index (χ2v) is 4.18. The number of hydrogen-bond acceptors (Lipinski definition) is 3. The highest BCUT2D eigenvalue weighted by molar-refractivity contribution is 5.85. The molecule has 1 aliphatic rings. The maximum absolute atomic E-state index is 11.7. The zero-order valence-electron chi connectivity index (χ0n) is 10.5. The van der Waals surface area contributed by atoms with Gasteiger partial charge in [0.15, 0.2) is 0 Å². The maximum atomic E-state index is 11.7. The van der Waals surface area contributed by atoms with Crippen molar-refractivity contribution in [2.24, 2.45) is 0 Å². The minimum atomic E-state index is -0.0474. The lowest BCUT2D eigenvalue weighted by Crippen LogP contribution is -2.44. The summed E-state index contributed by atoms with van der Waals surface area (Å²) in [7, 11) is 1.80. The minimum Gasteiger partial charge on any atom is -0.347 e. The molecule has 5 nitrogen and oxygen atoms in total. The molecule has 6 heteroatoms. The summed E-state index contributed by atoms with van der Waals surface area (Å²) in [5.74, 6) is -0.0630. The molecule has 1 aliphatic heterocycles. The van der Waals surface area contributed by atoms with E-state index in [-0.39, 0.29) is 36.8 Å². The highest BCUT2D eigenvalue weighted by atomic mass is 35.5. The lowest BCUT2D eigenvalue weighted by atomic mass is 10.2. The van der Waals surface area contributed by atoms with E-state index in [1.54, 1.807) is 11.9 Å². The van der Waals surface area contributed by atoms with Crippen LogP contribution in [0.25, 0.3) is 0 Å². The molecule has 0 radical (unpaired) electrons. The SMILES string of the molecule is CCCC(=O)NCC(=O)N(C)C1CCNC1.Cl. The molecular weight excluding hydrogens is 242 g/mol. The van der Waals surface area contributed by atoms with Crippen molar-refractivity contribution in [3.8, 4) is 0 Å². The molecule has 1 fully saturated rings. The summed E-state index contributed by atoms with van der Waals surface area (Å²) in [4.78, 5) is 24.6. The fourth-order valence-electron chi connectivity index (χ4n) is 1.79. The predicted molar refractivity (Wildman–Crippen MR) is 69.2 cm³/mol. The van der Waals surface area contributed by atoms with E-state index in [0.29, 0.717) is 6.42 Å². The van der Waals surface area contributed by atoms with Gasteiger partial charge in [-0.3, -0.25) is 9.59 Å². The first-order valence-corrected chi connectivity index (χ1v) is 5.88. The lowest BCUT2D eigenvalue weighted by Gasteiger charge is -2.23. The number of halogens is 1. The number of carbonyl (C=O) groups excluding carboxylic acids is 2. The summed E-state index contributed by atoms with van der Waals surface area (Å²) in [5, 5.41) is 5.85. The van der Waals surface area contributed by atoms with Crippen molar-refractivity contribution in [3.05, 3.63) is 0 Å². The van der Waals surface area contributed by atoms with Crippen molar-refractivity contribution >= 4 is 24.2 Å². The molecule has 0 bridgehead atoms. The van der Waals surface area contributed by atoms with E-state index in [1.165, 1.54) is 0 Å². The highest BCUT2D eigenvalue weighted by Crippen LogP contribution is 2.05. The highest BCUT2D eigenvalue weighted by Gasteiger charge is 2.22. The summed E-state index contributed by atoms with van der Waals surface area (Å²) >= 11 is 0. The van der Waals surface area contributed by atoms with E-state index in [9.17, 15) is 9.59 Å². The fourth-order valence-corrected chi connectivity index (χ4v) is 1.79. The van der Waals surface area contributed by atoms with Crippen LogP contribution >= 0.6 is 12.4 Å². The Hall–Kier alpha value is -0.810. The van der Waals surface area contributed by atoms with Crippen LogP contribution in [0, 0.1) is 0 Å². The first-order chi connectivity index (χ1) is 7.65. The van der Waals surface area contributed by atoms with Crippen molar-refractivity contribution in [2.45, 2.75) is 32.2 Å². The normalized spacial score (nSPS) is 18.4. The van der Waals surface area contributed by atoms with E-state index < -0.39 is 0 Å². The maximum Gasteiger partial charge on any atom is 0.242 e. The molecule has 17 heavy (non-hydrogen) atoms. The number of nitrogens with one attached hydrogen (secondary N) is 2. The standard InChI is InChI=1S/C11H21N3O2.ClH/c1-3-4-10(15)13-8-11(16)14(2)9-5-6-12-7-9;/h9,12H,3-8H2,1-2H3,(H,13,15);1H. The molecule has 0 aliphatic carbocycles. The quantitative estimate of drug-likeness (QED) is 0.742. The van der Waals surface area contributed by atoms with Gasteiger partial charge in [-0.25, -0.2) is 0 Å². The summed E-state index contributed by atoms with van der Waals surface area (Å²) in [6.07, 6.45) is 2.29. The first-order valence-electron chi connectivity index (χ1n) is 5.88. The van der Waals surface area contributed by atoms with Gasteiger partial charge in [0.25, 0.3) is 0 Å². The number of carbonyl (C=O) groups is 2. The van der Waals surface area contributed by atoms with Crippen molar-refractivity contribution in [3.63, 3.8) is 0 Å². The molecule has 2 N–H and O–H groups in total. The molecule has 0 aromatic carbocycles. The van der Waals surface area contributed by atoms with Crippen LogP contribution in [-0.2, 0) is 9.59 Å². The number of amides is 2. The van der Waals surface area contributed by atoms with Gasteiger partial charge in [0, 0.05) is 26.1 Å². The van der Waals surface area contributed by atoms with Crippen LogP contribution in [0.1, 0.15) is 26.2 Å². The van der Waals surface area contributed by atoms with Gasteiger partial charge in [-0.1, -0.05) is 6.92 Å². The molecular formula is C11H22ClN3O2. The molecule has 100 valence electrons. The Morgan fingerprint density at radius 1 is 1.47 bits per heavy atom. The Kier molecular flexibility index (Phi) is 7.91. The van der Waals surface area contributed by atoms with E-state index in [0.717, 1.165) is 25.9 Å². The molecule has 0 saturated carbocycles. The monoisotopic (exact) mass is 263 g/mol. The van der Waals surface area contributed by atoms with Crippen molar-refractivity contribution in [1.29, 1.82) is 0 Å². The van der Waals surface area contributed by atoms with E-state index in [4.69, 9.17) is 0 Å². The fraction of sp³-hybridized carbons (Fsp3) is 0.818. The van der Waals surface area contributed by atoms with Crippen LogP contribution in [0.15, 0.2) is 0 Å². The minimum absolute atomic E-state index is 0. The molecule has 1 rings (SSSR count). The predicted octanol–water partition coefficient (Wildman–Crippen LogP) is 0.145. The van der Waals surface area contributed by atoms with Crippen LogP contribution in [0.3, 0.4) is 0 Å². The number of hydrogen-bond donors (Lipinski definition) is 2. The topological polar surface area (TPSA) is 61.4 Å². The third-order valence-electron chi connectivity index (χ3n) is 2.89. The van der Waals surface area contributed by atoms with Gasteiger partial charge in [0.2, 0.25) is 11.8 Å². The van der Waals surface area contributed by atoms with Crippen LogP contribution in [0.2, 0.25) is 0 Å². The third-order valence-corrected chi connectivity index (χ3v) is 2.89. The summed E-state index contributed by atoms with van der Waals surface area (Å²) in [5.41, 5.74) is 0. The summed E-state index contributed by atoms with van der Waals surface area (Å²) in [6.45, 7) is 3.87. The Balaban J connectivity index is 0.00000256. The number of rotatable bonds is 5. The average Bonchev–Trinajstić information content (AvgIpc) is 2.78. The zero-order chi connectivity index (χ0) is 12.0. The van der Waals surface area contributed by atoms with Gasteiger partial charge in [-0.2, -0.15) is 0 Å². The van der Waals surface area contributed by atoms with Crippen LogP contribution < -0.4 is 10.6 Å². The van der Waals surface area contributed by atoms with Crippen LogP contribution in [0.4, 0.5) is 0 Å². The molecule has 0 aromatic heterocycles. The molecule has 0 aromatic rings. The van der Waals surface area contributed by atoms with E-state index >= 15 is 0 Å². The summed E-state index contributed by atoms with van der Waals surface area (Å²) < 4.78 is 0. The van der Waals surface area contributed by atoms with Gasteiger partial charge in [0.05, 0.1) is 6.54 Å². The zero-order valence-corrected chi connectivity index (χ0v) is 11.3. The van der Waals surface area contributed by atoms with E-state index in [2.05, 4.69) is 10.6 Å². The Bertz CT molecular complexity index is 255. The third kappa shape index (κ3) is 5.37. The molecule has 1 saturated heterocycles. The lowest BCUT2D eigenvalue weighted by molar-refractivity contribution is -0.133. The van der Waals surface area contributed by atoms with Crippen molar-refractivity contribution in [2.75, 3.05) is 26.7 Å². The number of likely N-dealkylation sites (N-methyl/N-ethyl adjacent to an activating group) is 1. The van der Waals surface area contributed by atoms with E-state index in [1.807, 2.05) is 6.92 Å². The molecule has 1 unspecified atom stereocenters. The van der Waals surface area contributed by atoms with Gasteiger partial charge >= 0.3 is 0 Å². The van der Waals surface area contributed by atoms with Gasteiger partial charge in [-0.15, -0.1) is 12.4 Å². The summed E-state index contributed by atoms with van der Waals surface area (Å²) in [6, 6.07) is 0.274. The molecule has 2 amide bonds. The van der Waals surface area contributed by atoms with Crippen molar-refractivity contribution < 1.29 is 9.59 Å². The first kappa shape index (κ1) is 16.2. The Morgan fingerprint density at radius 2 is 2.18 bits per heavy atom. The number of nitrogens with zero attached hydrogens (tertiary/aromatic N) is 1. The second-order valence-electron chi connectivity index (χ2n) is 4.18. The molecule has 1 atom stereocenters. The largest absolute Gasteiger partial charge is 0.347 e. The second kappa shape index (κ2) is 8.31. The van der Waals surface area contributed by atoms with Crippen LogP contribution in [-0.4, -0.2) is 49.4 Å².